The topological polar surface area (TPSA) is 72.2 Å². The lowest BCUT2D eigenvalue weighted by Crippen LogP contribution is -2.12. The standard InChI is InChI=1S/C14H10BrClN2O3/c1-8-3-2-4-11(13(8)15)17-14(19)9-5-6-10(16)12(7-9)18(20)21/h2-7H,1H3,(H,17,19). The number of hydrogen-bond acceptors (Lipinski definition) is 3. The summed E-state index contributed by atoms with van der Waals surface area (Å²) in [4.78, 5) is 22.4. The van der Waals surface area contributed by atoms with Gasteiger partial charge in [-0.1, -0.05) is 23.7 Å². The van der Waals surface area contributed by atoms with Crippen molar-refractivity contribution < 1.29 is 9.72 Å². The minimum absolute atomic E-state index is 0.00622. The molecule has 2 aromatic carbocycles. The molecule has 0 aliphatic carbocycles. The van der Waals surface area contributed by atoms with E-state index < -0.39 is 10.8 Å². The van der Waals surface area contributed by atoms with Crippen LogP contribution in [0.3, 0.4) is 0 Å². The van der Waals surface area contributed by atoms with Gasteiger partial charge in [0.05, 0.1) is 10.6 Å². The number of nitro groups is 1. The van der Waals surface area contributed by atoms with Gasteiger partial charge in [-0.3, -0.25) is 14.9 Å². The van der Waals surface area contributed by atoms with Crippen LogP contribution in [-0.4, -0.2) is 10.8 Å². The number of nitrogens with one attached hydrogen (secondary N) is 1. The van der Waals surface area contributed by atoms with Gasteiger partial charge in [-0.05, 0) is 46.6 Å². The number of rotatable bonds is 3. The smallest absolute Gasteiger partial charge is 0.288 e. The minimum Gasteiger partial charge on any atom is -0.321 e. The van der Waals surface area contributed by atoms with E-state index in [9.17, 15) is 14.9 Å². The van der Waals surface area contributed by atoms with Crippen LogP contribution in [0, 0.1) is 17.0 Å². The zero-order valence-corrected chi connectivity index (χ0v) is 13.2. The number of nitro benzene ring substituents is 1. The molecule has 0 fully saturated rings. The minimum atomic E-state index is -0.623. The SMILES string of the molecule is Cc1cccc(NC(=O)c2ccc(Cl)c([N+](=O)[O-])c2)c1Br. The maximum atomic E-state index is 12.2. The quantitative estimate of drug-likeness (QED) is 0.636. The third kappa shape index (κ3) is 3.40. The fourth-order valence-corrected chi connectivity index (χ4v) is 2.28. The molecule has 0 aliphatic heterocycles. The summed E-state index contributed by atoms with van der Waals surface area (Å²) in [6, 6.07) is 9.36. The molecule has 108 valence electrons. The van der Waals surface area contributed by atoms with Crippen molar-refractivity contribution in [1.82, 2.24) is 0 Å². The fraction of sp³-hybridized carbons (Fsp3) is 0.0714. The van der Waals surface area contributed by atoms with Crippen LogP contribution in [0.1, 0.15) is 15.9 Å². The number of carbonyl (C=O) groups is 1. The molecule has 0 heterocycles. The maximum absolute atomic E-state index is 12.2. The van der Waals surface area contributed by atoms with Gasteiger partial charge in [0, 0.05) is 16.1 Å². The van der Waals surface area contributed by atoms with Gasteiger partial charge >= 0.3 is 0 Å². The Kier molecular flexibility index (Phi) is 4.59. The number of aryl methyl sites for hydroxylation is 1. The molecule has 1 N–H and O–H groups in total. The Labute approximate surface area is 134 Å². The van der Waals surface area contributed by atoms with Crippen molar-refractivity contribution in [2.75, 3.05) is 5.32 Å². The molecule has 0 saturated heterocycles. The van der Waals surface area contributed by atoms with Gasteiger partial charge < -0.3 is 5.32 Å². The summed E-state index contributed by atoms with van der Waals surface area (Å²) in [5, 5.41) is 13.5. The molecular weight excluding hydrogens is 360 g/mol. The van der Waals surface area contributed by atoms with Crippen LogP contribution in [0.4, 0.5) is 11.4 Å². The van der Waals surface area contributed by atoms with Gasteiger partial charge in [-0.15, -0.1) is 0 Å². The average Bonchev–Trinajstić information content (AvgIpc) is 2.44. The molecule has 0 unspecified atom stereocenters. The number of halogens is 2. The van der Waals surface area contributed by atoms with E-state index in [0.29, 0.717) is 5.69 Å². The molecule has 0 saturated carbocycles. The predicted molar refractivity (Wildman–Crippen MR) is 84.9 cm³/mol. The first-order valence-corrected chi connectivity index (χ1v) is 7.07. The van der Waals surface area contributed by atoms with Crippen LogP contribution in [0.25, 0.3) is 0 Å². The number of benzene rings is 2. The first-order valence-electron chi connectivity index (χ1n) is 5.90. The number of carbonyl (C=O) groups excluding carboxylic acids is 1. The Morgan fingerprint density at radius 3 is 2.71 bits per heavy atom. The monoisotopic (exact) mass is 368 g/mol. The Morgan fingerprint density at radius 1 is 1.33 bits per heavy atom. The summed E-state index contributed by atoms with van der Waals surface area (Å²) in [7, 11) is 0. The Morgan fingerprint density at radius 2 is 2.05 bits per heavy atom. The highest BCUT2D eigenvalue weighted by atomic mass is 79.9. The zero-order chi connectivity index (χ0) is 15.6. The summed E-state index contributed by atoms with van der Waals surface area (Å²) < 4.78 is 0.766. The lowest BCUT2D eigenvalue weighted by Gasteiger charge is -2.09. The molecule has 2 rings (SSSR count). The van der Waals surface area contributed by atoms with Crippen molar-refractivity contribution in [3.8, 4) is 0 Å². The van der Waals surface area contributed by atoms with Crippen molar-refractivity contribution >= 4 is 44.8 Å². The Bertz CT molecular complexity index is 734. The lowest BCUT2D eigenvalue weighted by molar-refractivity contribution is -0.384. The lowest BCUT2D eigenvalue weighted by atomic mass is 10.1. The van der Waals surface area contributed by atoms with Crippen molar-refractivity contribution in [2.45, 2.75) is 6.92 Å². The summed E-state index contributed by atoms with van der Waals surface area (Å²) in [6.45, 7) is 1.90. The summed E-state index contributed by atoms with van der Waals surface area (Å²) in [5.41, 5.74) is 1.43. The Hall–Kier alpha value is -1.92. The fourth-order valence-electron chi connectivity index (χ4n) is 1.73. The van der Waals surface area contributed by atoms with Gasteiger partial charge in [0.1, 0.15) is 5.02 Å². The number of hydrogen-bond donors (Lipinski definition) is 1. The van der Waals surface area contributed by atoms with E-state index >= 15 is 0 Å². The molecule has 1 amide bonds. The molecule has 0 bridgehead atoms. The van der Waals surface area contributed by atoms with Crippen LogP contribution in [0.5, 0.6) is 0 Å². The number of amides is 1. The van der Waals surface area contributed by atoms with E-state index in [-0.39, 0.29) is 16.3 Å². The molecule has 0 atom stereocenters. The number of anilines is 1. The second-order valence-corrected chi connectivity index (χ2v) is 5.51. The van der Waals surface area contributed by atoms with Crippen LogP contribution in [0.2, 0.25) is 5.02 Å². The third-order valence-corrected chi connectivity index (χ3v) is 4.22. The Balaban J connectivity index is 2.31. The van der Waals surface area contributed by atoms with Gasteiger partial charge in [-0.25, -0.2) is 0 Å². The van der Waals surface area contributed by atoms with Gasteiger partial charge in [0.25, 0.3) is 11.6 Å². The molecule has 21 heavy (non-hydrogen) atoms. The van der Waals surface area contributed by atoms with Crippen LogP contribution in [0.15, 0.2) is 40.9 Å². The molecule has 0 spiro atoms. The largest absolute Gasteiger partial charge is 0.321 e. The van der Waals surface area contributed by atoms with Gasteiger partial charge in [0.15, 0.2) is 0 Å². The maximum Gasteiger partial charge on any atom is 0.288 e. The molecule has 0 aliphatic rings. The second kappa shape index (κ2) is 6.24. The molecule has 7 heteroatoms. The highest BCUT2D eigenvalue weighted by Crippen LogP contribution is 2.28. The summed E-state index contributed by atoms with van der Waals surface area (Å²) >= 11 is 9.11. The van der Waals surface area contributed by atoms with Crippen LogP contribution < -0.4 is 5.32 Å². The van der Waals surface area contributed by atoms with E-state index in [2.05, 4.69) is 21.2 Å². The molecule has 5 nitrogen and oxygen atoms in total. The molecule has 0 aromatic heterocycles. The van der Waals surface area contributed by atoms with E-state index in [1.807, 2.05) is 13.0 Å². The van der Waals surface area contributed by atoms with Gasteiger partial charge in [-0.2, -0.15) is 0 Å². The highest BCUT2D eigenvalue weighted by molar-refractivity contribution is 9.10. The van der Waals surface area contributed by atoms with Gasteiger partial charge in [0.2, 0.25) is 0 Å². The normalized spacial score (nSPS) is 10.2. The van der Waals surface area contributed by atoms with E-state index in [4.69, 9.17) is 11.6 Å². The van der Waals surface area contributed by atoms with E-state index in [0.717, 1.165) is 16.1 Å². The average molecular weight is 370 g/mol. The first-order chi connectivity index (χ1) is 9.90. The van der Waals surface area contributed by atoms with Crippen LogP contribution in [-0.2, 0) is 0 Å². The zero-order valence-electron chi connectivity index (χ0n) is 10.9. The first kappa shape index (κ1) is 15.5. The van der Waals surface area contributed by atoms with E-state index in [1.165, 1.54) is 12.1 Å². The molecule has 0 radical (unpaired) electrons. The van der Waals surface area contributed by atoms with Crippen molar-refractivity contribution in [3.63, 3.8) is 0 Å². The predicted octanol–water partition coefficient (Wildman–Crippen LogP) is 4.57. The number of nitrogens with zero attached hydrogens (tertiary/aromatic N) is 1. The third-order valence-electron chi connectivity index (χ3n) is 2.85. The highest BCUT2D eigenvalue weighted by Gasteiger charge is 2.17. The molecular formula is C14H10BrClN2O3. The van der Waals surface area contributed by atoms with Crippen molar-refractivity contribution in [2.24, 2.45) is 0 Å². The van der Waals surface area contributed by atoms with Crippen molar-refractivity contribution in [1.29, 1.82) is 0 Å². The summed E-state index contributed by atoms with van der Waals surface area (Å²) in [6.07, 6.45) is 0. The van der Waals surface area contributed by atoms with E-state index in [1.54, 1.807) is 12.1 Å². The molecule has 2 aromatic rings. The second-order valence-electron chi connectivity index (χ2n) is 4.31. The van der Waals surface area contributed by atoms with Crippen LogP contribution >= 0.6 is 27.5 Å². The summed E-state index contributed by atoms with van der Waals surface area (Å²) in [5.74, 6) is -0.443. The van der Waals surface area contributed by atoms with Crippen molar-refractivity contribution in [3.05, 3.63) is 67.1 Å².